The van der Waals surface area contributed by atoms with Gasteiger partial charge in [0.1, 0.15) is 5.75 Å². The fourth-order valence-corrected chi connectivity index (χ4v) is 2.59. The Bertz CT molecular complexity index is 719. The smallest absolute Gasteiger partial charge is 0.265 e. The fourth-order valence-electron chi connectivity index (χ4n) is 2.00. The molecule has 0 bridgehead atoms. The van der Waals surface area contributed by atoms with Crippen molar-refractivity contribution < 1.29 is 9.53 Å². The number of amides is 1. The van der Waals surface area contributed by atoms with Crippen LogP contribution in [-0.4, -0.2) is 12.0 Å². The lowest BCUT2D eigenvalue weighted by atomic mass is 10.2. The van der Waals surface area contributed by atoms with Gasteiger partial charge in [0.15, 0.2) is 6.10 Å². The van der Waals surface area contributed by atoms with Gasteiger partial charge in [-0.1, -0.05) is 59.9 Å². The van der Waals surface area contributed by atoms with Crippen molar-refractivity contribution in [1.29, 1.82) is 0 Å². The molecule has 23 heavy (non-hydrogen) atoms. The molecule has 0 radical (unpaired) electrons. The van der Waals surface area contributed by atoms with Crippen LogP contribution in [0, 0.1) is 6.92 Å². The lowest BCUT2D eigenvalue weighted by Gasteiger charge is -2.19. The number of anilines is 1. The Morgan fingerprint density at radius 3 is 2.43 bits per heavy atom. The molecule has 1 amide bonds. The van der Waals surface area contributed by atoms with Gasteiger partial charge in [0.2, 0.25) is 0 Å². The van der Waals surface area contributed by atoms with E-state index in [9.17, 15) is 4.79 Å². The van der Waals surface area contributed by atoms with Crippen LogP contribution in [0.25, 0.3) is 0 Å². The first-order valence-electron chi connectivity index (χ1n) is 7.10. The van der Waals surface area contributed by atoms with Gasteiger partial charge in [0.25, 0.3) is 5.91 Å². The van der Waals surface area contributed by atoms with Gasteiger partial charge < -0.3 is 10.1 Å². The van der Waals surface area contributed by atoms with Crippen LogP contribution >= 0.6 is 34.8 Å². The summed E-state index contributed by atoms with van der Waals surface area (Å²) in [5.74, 6) is 0.380. The number of carbonyl (C=O) groups excluding carboxylic acids is 1. The summed E-state index contributed by atoms with van der Waals surface area (Å²) in [5, 5.41) is 3.70. The van der Waals surface area contributed by atoms with Gasteiger partial charge in [-0.3, -0.25) is 4.79 Å². The number of ether oxygens (including phenoxy) is 1. The highest BCUT2D eigenvalue weighted by molar-refractivity contribution is 6.44. The summed E-state index contributed by atoms with van der Waals surface area (Å²) in [6.07, 6.45) is -0.124. The standard InChI is InChI=1S/C17H16Cl3NO2/c1-3-15(23-16-7-5-4-6-10(16)2)17(22)21-14-9-12(19)11(18)8-13(14)20/h4-9,15H,3H2,1-2H3,(H,21,22)/t15-/m0/s1. The molecule has 3 nitrogen and oxygen atoms in total. The SMILES string of the molecule is CC[C@H](Oc1ccccc1C)C(=O)Nc1cc(Cl)c(Cl)cc1Cl. The molecule has 1 atom stereocenters. The summed E-state index contributed by atoms with van der Waals surface area (Å²) >= 11 is 17.9. The zero-order valence-corrected chi connectivity index (χ0v) is 15.0. The molecule has 0 fully saturated rings. The first-order valence-corrected chi connectivity index (χ1v) is 8.23. The summed E-state index contributed by atoms with van der Waals surface area (Å²) in [6.45, 7) is 3.80. The van der Waals surface area contributed by atoms with Crippen molar-refractivity contribution in [1.82, 2.24) is 0 Å². The minimum Gasteiger partial charge on any atom is -0.480 e. The summed E-state index contributed by atoms with van der Waals surface area (Å²) < 4.78 is 5.81. The first kappa shape index (κ1) is 17.9. The average Bonchev–Trinajstić information content (AvgIpc) is 2.51. The number of nitrogens with one attached hydrogen (secondary N) is 1. The molecule has 0 aliphatic carbocycles. The Morgan fingerprint density at radius 2 is 1.78 bits per heavy atom. The Balaban J connectivity index is 2.15. The normalized spacial score (nSPS) is 11.9. The van der Waals surface area contributed by atoms with E-state index in [1.807, 2.05) is 38.1 Å². The number of aryl methyl sites for hydroxylation is 1. The Labute approximate surface area is 150 Å². The van der Waals surface area contributed by atoms with Crippen LogP contribution in [-0.2, 0) is 4.79 Å². The van der Waals surface area contributed by atoms with E-state index in [1.54, 1.807) is 0 Å². The molecular formula is C17H16Cl3NO2. The van der Waals surface area contributed by atoms with E-state index in [2.05, 4.69) is 5.32 Å². The molecule has 0 spiro atoms. The lowest BCUT2D eigenvalue weighted by molar-refractivity contribution is -0.122. The van der Waals surface area contributed by atoms with E-state index in [1.165, 1.54) is 12.1 Å². The van der Waals surface area contributed by atoms with Gasteiger partial charge in [-0.25, -0.2) is 0 Å². The minimum absolute atomic E-state index is 0.295. The maximum Gasteiger partial charge on any atom is 0.265 e. The Kier molecular flexibility index (Phi) is 6.17. The Hall–Kier alpha value is -1.42. The second-order valence-corrected chi connectivity index (χ2v) is 6.24. The zero-order valence-electron chi connectivity index (χ0n) is 12.7. The molecule has 0 saturated carbocycles. The molecule has 0 saturated heterocycles. The summed E-state index contributed by atoms with van der Waals surface area (Å²) in [7, 11) is 0. The predicted molar refractivity (Wildman–Crippen MR) is 96.0 cm³/mol. The fraction of sp³-hybridized carbons (Fsp3) is 0.235. The number of para-hydroxylation sites is 1. The molecule has 6 heteroatoms. The summed E-state index contributed by atoms with van der Waals surface area (Å²) in [5.41, 5.74) is 1.37. The summed E-state index contributed by atoms with van der Waals surface area (Å²) in [6, 6.07) is 10.5. The van der Waals surface area contributed by atoms with Crippen LogP contribution in [0.3, 0.4) is 0 Å². The van der Waals surface area contributed by atoms with Crippen molar-refractivity contribution in [2.45, 2.75) is 26.4 Å². The van der Waals surface area contributed by atoms with Crippen molar-refractivity contribution in [2.75, 3.05) is 5.32 Å². The average molecular weight is 373 g/mol. The van der Waals surface area contributed by atoms with E-state index >= 15 is 0 Å². The molecule has 1 N–H and O–H groups in total. The highest BCUT2D eigenvalue weighted by Crippen LogP contribution is 2.32. The first-order chi connectivity index (χ1) is 10.9. The van der Waals surface area contributed by atoms with Gasteiger partial charge in [-0.05, 0) is 37.1 Å². The van der Waals surface area contributed by atoms with Gasteiger partial charge in [-0.15, -0.1) is 0 Å². The van der Waals surface area contributed by atoms with Crippen LogP contribution in [0.2, 0.25) is 15.1 Å². The number of hydrogen-bond acceptors (Lipinski definition) is 2. The minimum atomic E-state index is -0.637. The molecule has 0 unspecified atom stereocenters. The van der Waals surface area contributed by atoms with Gasteiger partial charge in [0.05, 0.1) is 20.8 Å². The number of hydrogen-bond donors (Lipinski definition) is 1. The third-order valence-electron chi connectivity index (χ3n) is 3.29. The maximum absolute atomic E-state index is 12.4. The van der Waals surface area contributed by atoms with Crippen LogP contribution < -0.4 is 10.1 Å². The lowest BCUT2D eigenvalue weighted by Crippen LogP contribution is -2.32. The molecule has 0 aliphatic heterocycles. The van der Waals surface area contributed by atoms with Crippen molar-refractivity contribution >= 4 is 46.4 Å². The number of benzene rings is 2. The predicted octanol–water partition coefficient (Wildman–Crippen LogP) is 5.75. The van der Waals surface area contributed by atoms with E-state index in [-0.39, 0.29) is 5.91 Å². The molecular weight excluding hydrogens is 357 g/mol. The maximum atomic E-state index is 12.4. The van der Waals surface area contributed by atoms with Gasteiger partial charge in [-0.2, -0.15) is 0 Å². The number of carbonyl (C=O) groups is 1. The van der Waals surface area contributed by atoms with Crippen molar-refractivity contribution in [3.63, 3.8) is 0 Å². The van der Waals surface area contributed by atoms with Gasteiger partial charge in [0, 0.05) is 0 Å². The van der Waals surface area contributed by atoms with E-state index in [0.717, 1.165) is 5.56 Å². The van der Waals surface area contributed by atoms with Gasteiger partial charge >= 0.3 is 0 Å². The molecule has 0 heterocycles. The van der Waals surface area contributed by atoms with Crippen LogP contribution in [0.5, 0.6) is 5.75 Å². The molecule has 0 aliphatic rings. The van der Waals surface area contributed by atoms with Crippen molar-refractivity contribution in [3.8, 4) is 5.75 Å². The molecule has 2 aromatic rings. The highest BCUT2D eigenvalue weighted by atomic mass is 35.5. The van der Waals surface area contributed by atoms with Crippen molar-refractivity contribution in [3.05, 3.63) is 57.0 Å². The van der Waals surface area contributed by atoms with Crippen LogP contribution in [0.4, 0.5) is 5.69 Å². The second kappa shape index (κ2) is 7.91. The molecule has 122 valence electrons. The van der Waals surface area contributed by atoms with E-state index in [0.29, 0.717) is 32.9 Å². The molecule has 0 aromatic heterocycles. The zero-order chi connectivity index (χ0) is 17.0. The highest BCUT2D eigenvalue weighted by Gasteiger charge is 2.20. The number of rotatable bonds is 5. The van der Waals surface area contributed by atoms with E-state index < -0.39 is 6.10 Å². The van der Waals surface area contributed by atoms with Crippen LogP contribution in [0.1, 0.15) is 18.9 Å². The molecule has 2 rings (SSSR count). The Morgan fingerprint density at radius 1 is 1.13 bits per heavy atom. The topological polar surface area (TPSA) is 38.3 Å². The third kappa shape index (κ3) is 4.54. The quantitative estimate of drug-likeness (QED) is 0.678. The largest absolute Gasteiger partial charge is 0.480 e. The van der Waals surface area contributed by atoms with Crippen LogP contribution in [0.15, 0.2) is 36.4 Å². The summed E-state index contributed by atoms with van der Waals surface area (Å²) in [4.78, 5) is 12.4. The third-order valence-corrected chi connectivity index (χ3v) is 4.33. The molecule has 2 aromatic carbocycles. The number of halogens is 3. The van der Waals surface area contributed by atoms with E-state index in [4.69, 9.17) is 39.5 Å². The second-order valence-electron chi connectivity index (χ2n) is 5.02. The monoisotopic (exact) mass is 371 g/mol. The van der Waals surface area contributed by atoms with Crippen molar-refractivity contribution in [2.24, 2.45) is 0 Å².